The normalized spacial score (nSPS) is 56.3. The Bertz CT molecular complexity index is 325. The number of aliphatic hydroxyl groups is 2. The maximum Gasteiger partial charge on any atom is 0.137 e. The minimum Gasteiger partial charge on any atom is -0.390 e. The summed E-state index contributed by atoms with van der Waals surface area (Å²) in [6, 6.07) is -0.547. The van der Waals surface area contributed by atoms with Gasteiger partial charge in [-0.1, -0.05) is 0 Å². The van der Waals surface area contributed by atoms with Gasteiger partial charge in [0.25, 0.3) is 0 Å². The lowest BCUT2D eigenvalue weighted by molar-refractivity contribution is -0.232. The molecule has 3 atom stereocenters. The Balaban J connectivity index is 2.01. The van der Waals surface area contributed by atoms with Gasteiger partial charge in [0.15, 0.2) is 0 Å². The van der Waals surface area contributed by atoms with Crippen LogP contribution in [-0.4, -0.2) is 33.7 Å². The van der Waals surface area contributed by atoms with Crippen LogP contribution in [0.2, 0.25) is 0 Å². The van der Waals surface area contributed by atoms with E-state index in [0.717, 1.165) is 25.5 Å². The molecule has 16 heavy (non-hydrogen) atoms. The van der Waals surface area contributed by atoms with E-state index < -0.39 is 17.2 Å². The van der Waals surface area contributed by atoms with Gasteiger partial charge in [-0.3, -0.25) is 0 Å². The molecule has 4 aliphatic carbocycles. The van der Waals surface area contributed by atoms with E-state index in [1.54, 1.807) is 0 Å². The molecule has 4 N–H and O–H groups in total. The Morgan fingerprint density at radius 2 is 1.69 bits per heavy atom. The summed E-state index contributed by atoms with van der Waals surface area (Å²) < 4.78 is 0. The first-order valence-corrected chi connectivity index (χ1v) is 6.04. The number of nitrogens with two attached hydrogens (primary N) is 1. The largest absolute Gasteiger partial charge is 0.390 e. The molecule has 0 amide bonds. The Hall–Kier alpha value is -0.450. The Morgan fingerprint density at radius 1 is 1.12 bits per heavy atom. The summed E-state index contributed by atoms with van der Waals surface area (Å²) in [5, 5.41) is 20.9. The van der Waals surface area contributed by atoms with Gasteiger partial charge in [0.05, 0.1) is 17.2 Å². The number of hydrogen-bond donors (Lipinski definition) is 3. The van der Waals surface area contributed by atoms with Crippen molar-refractivity contribution >= 4 is 6.29 Å². The van der Waals surface area contributed by atoms with Crippen LogP contribution in [0.25, 0.3) is 0 Å². The SMILES string of the molecule is NC(C=O)C12CC3CC(O)(CC(O)(C3)C1)C2. The fourth-order valence-corrected chi connectivity index (χ4v) is 4.93. The molecule has 4 fully saturated rings. The highest BCUT2D eigenvalue weighted by Crippen LogP contribution is 2.63. The minimum absolute atomic E-state index is 0.331. The van der Waals surface area contributed by atoms with Crippen LogP contribution < -0.4 is 5.73 Å². The van der Waals surface area contributed by atoms with Crippen molar-refractivity contribution in [3.8, 4) is 0 Å². The molecule has 0 aromatic carbocycles. The molecule has 0 spiro atoms. The summed E-state index contributed by atoms with van der Waals surface area (Å²) in [6.07, 6.45) is 4.82. The van der Waals surface area contributed by atoms with Gasteiger partial charge in [-0.25, -0.2) is 0 Å². The molecule has 4 saturated carbocycles. The number of carbonyl (C=O) groups is 1. The molecule has 0 aromatic heterocycles. The molecular weight excluding hydrogens is 206 g/mol. The summed E-state index contributed by atoms with van der Waals surface area (Å²) in [5.74, 6) is 0.331. The highest BCUT2D eigenvalue weighted by atomic mass is 16.3. The highest BCUT2D eigenvalue weighted by Gasteiger charge is 2.64. The second kappa shape index (κ2) is 2.86. The third-order valence-electron chi connectivity index (χ3n) is 4.91. The molecule has 4 heteroatoms. The summed E-state index contributed by atoms with van der Waals surface area (Å²) in [7, 11) is 0. The molecule has 0 heterocycles. The summed E-state index contributed by atoms with van der Waals surface area (Å²) in [5.41, 5.74) is 3.98. The fourth-order valence-electron chi connectivity index (χ4n) is 4.93. The van der Waals surface area contributed by atoms with Gasteiger partial charge in [-0.05, 0) is 43.4 Å². The number of aldehydes is 1. The van der Waals surface area contributed by atoms with Crippen molar-refractivity contribution in [3.05, 3.63) is 0 Å². The molecule has 4 rings (SSSR count). The second-order valence-electron chi connectivity index (χ2n) is 6.48. The predicted octanol–water partition coefficient (Wildman–Crippen LogP) is -0.0412. The Labute approximate surface area is 94.8 Å². The van der Waals surface area contributed by atoms with Gasteiger partial charge >= 0.3 is 0 Å². The first-order valence-electron chi connectivity index (χ1n) is 6.04. The molecule has 4 aliphatic rings. The summed E-state index contributed by atoms with van der Waals surface area (Å²) in [4.78, 5) is 10.9. The van der Waals surface area contributed by atoms with Crippen LogP contribution in [0.3, 0.4) is 0 Å². The quantitative estimate of drug-likeness (QED) is 0.576. The lowest BCUT2D eigenvalue weighted by Gasteiger charge is -2.64. The lowest BCUT2D eigenvalue weighted by Crippen LogP contribution is -2.67. The van der Waals surface area contributed by atoms with Gasteiger partial charge < -0.3 is 20.7 Å². The van der Waals surface area contributed by atoms with E-state index >= 15 is 0 Å². The van der Waals surface area contributed by atoms with Gasteiger partial charge in [0, 0.05) is 6.42 Å². The van der Waals surface area contributed by atoms with Crippen molar-refractivity contribution in [2.24, 2.45) is 17.1 Å². The average molecular weight is 225 g/mol. The van der Waals surface area contributed by atoms with Crippen molar-refractivity contribution in [2.45, 2.75) is 55.8 Å². The maximum atomic E-state index is 10.9. The molecule has 0 aliphatic heterocycles. The molecule has 90 valence electrons. The number of rotatable bonds is 2. The standard InChI is InChI=1S/C12H19NO3/c13-9(4-14)10-1-8-2-11(15,5-10)7-12(16,3-8)6-10/h4,8-9,15-16H,1-3,5-7,13H2. The van der Waals surface area contributed by atoms with Crippen molar-refractivity contribution in [1.82, 2.24) is 0 Å². The third-order valence-corrected chi connectivity index (χ3v) is 4.91. The van der Waals surface area contributed by atoms with E-state index in [0.29, 0.717) is 25.2 Å². The van der Waals surface area contributed by atoms with Crippen LogP contribution in [0.5, 0.6) is 0 Å². The van der Waals surface area contributed by atoms with Gasteiger partial charge in [0.1, 0.15) is 6.29 Å². The van der Waals surface area contributed by atoms with E-state index in [1.165, 1.54) is 0 Å². The van der Waals surface area contributed by atoms with Crippen LogP contribution >= 0.6 is 0 Å². The van der Waals surface area contributed by atoms with Crippen LogP contribution in [-0.2, 0) is 4.79 Å². The van der Waals surface area contributed by atoms with Crippen LogP contribution in [0.1, 0.15) is 38.5 Å². The fraction of sp³-hybridized carbons (Fsp3) is 0.917. The van der Waals surface area contributed by atoms with Crippen LogP contribution in [0.4, 0.5) is 0 Å². The number of carbonyl (C=O) groups excluding carboxylic acids is 1. The van der Waals surface area contributed by atoms with Crippen molar-refractivity contribution in [3.63, 3.8) is 0 Å². The molecular formula is C12H19NO3. The van der Waals surface area contributed by atoms with Crippen molar-refractivity contribution < 1.29 is 15.0 Å². The minimum atomic E-state index is -0.783. The topological polar surface area (TPSA) is 83.6 Å². The Kier molecular flexibility index (Phi) is 1.91. The summed E-state index contributed by atoms with van der Waals surface area (Å²) >= 11 is 0. The van der Waals surface area contributed by atoms with E-state index in [-0.39, 0.29) is 5.41 Å². The van der Waals surface area contributed by atoms with Gasteiger partial charge in [-0.2, -0.15) is 0 Å². The van der Waals surface area contributed by atoms with Crippen molar-refractivity contribution in [1.29, 1.82) is 0 Å². The van der Waals surface area contributed by atoms with E-state index in [4.69, 9.17) is 5.73 Å². The lowest BCUT2D eigenvalue weighted by atomic mass is 9.45. The highest BCUT2D eigenvalue weighted by molar-refractivity contribution is 5.59. The smallest absolute Gasteiger partial charge is 0.137 e. The van der Waals surface area contributed by atoms with Gasteiger partial charge in [-0.15, -0.1) is 0 Å². The summed E-state index contributed by atoms with van der Waals surface area (Å²) in [6.45, 7) is 0. The predicted molar refractivity (Wildman–Crippen MR) is 57.6 cm³/mol. The average Bonchev–Trinajstić information content (AvgIpc) is 2.10. The molecule has 4 nitrogen and oxygen atoms in total. The first kappa shape index (κ1) is 10.7. The molecule has 0 radical (unpaired) electrons. The third kappa shape index (κ3) is 1.30. The monoisotopic (exact) mass is 225 g/mol. The van der Waals surface area contributed by atoms with Crippen LogP contribution in [0, 0.1) is 11.3 Å². The zero-order chi connectivity index (χ0) is 11.6. The molecule has 3 unspecified atom stereocenters. The zero-order valence-electron chi connectivity index (χ0n) is 9.35. The van der Waals surface area contributed by atoms with E-state index in [9.17, 15) is 15.0 Å². The Morgan fingerprint density at radius 3 is 2.12 bits per heavy atom. The number of hydrogen-bond acceptors (Lipinski definition) is 4. The second-order valence-corrected chi connectivity index (χ2v) is 6.48. The van der Waals surface area contributed by atoms with Gasteiger partial charge in [0.2, 0.25) is 0 Å². The first-order chi connectivity index (χ1) is 7.39. The molecule has 4 bridgehead atoms. The molecule has 0 aromatic rings. The molecule has 0 saturated heterocycles. The van der Waals surface area contributed by atoms with Crippen molar-refractivity contribution in [2.75, 3.05) is 0 Å². The zero-order valence-corrected chi connectivity index (χ0v) is 9.35. The maximum absolute atomic E-state index is 10.9. The van der Waals surface area contributed by atoms with E-state index in [1.807, 2.05) is 0 Å². The van der Waals surface area contributed by atoms with E-state index in [2.05, 4.69) is 0 Å². The van der Waals surface area contributed by atoms with Crippen LogP contribution in [0.15, 0.2) is 0 Å².